The van der Waals surface area contributed by atoms with E-state index in [0.717, 1.165) is 27.8 Å². The van der Waals surface area contributed by atoms with Crippen LogP contribution in [0.15, 0.2) is 59.5 Å². The van der Waals surface area contributed by atoms with E-state index in [1.165, 1.54) is 18.2 Å². The van der Waals surface area contributed by atoms with E-state index in [4.69, 9.17) is 11.6 Å². The smallest absolute Gasteiger partial charge is 0.417 e. The quantitative estimate of drug-likeness (QED) is 0.311. The number of hydrogen-bond donors (Lipinski definition) is 2. The zero-order chi connectivity index (χ0) is 27.4. The first-order chi connectivity index (χ1) is 17.9. The zero-order valence-electron chi connectivity index (χ0n) is 20.1. The van der Waals surface area contributed by atoms with Crippen LogP contribution in [0, 0.1) is 0 Å². The van der Waals surface area contributed by atoms with Crippen molar-refractivity contribution in [3.8, 4) is 0 Å². The van der Waals surface area contributed by atoms with Gasteiger partial charge in [-0.25, -0.2) is 14.8 Å². The summed E-state index contributed by atoms with van der Waals surface area (Å²) in [5, 5.41) is 12.4. The number of carboxylic acid groups (broad SMARTS) is 1. The molecule has 3 aromatic heterocycles. The van der Waals surface area contributed by atoms with Gasteiger partial charge in [-0.05, 0) is 43.2 Å². The average molecular weight is 544 g/mol. The summed E-state index contributed by atoms with van der Waals surface area (Å²) in [7, 11) is 0. The fourth-order valence-corrected chi connectivity index (χ4v) is 4.86. The minimum Gasteiger partial charge on any atom is -0.476 e. The largest absolute Gasteiger partial charge is 0.476 e. The molecule has 0 spiro atoms. The highest BCUT2D eigenvalue weighted by molar-refractivity contribution is 6.29. The molecule has 8 nitrogen and oxygen atoms in total. The van der Waals surface area contributed by atoms with Gasteiger partial charge < -0.3 is 15.3 Å². The van der Waals surface area contributed by atoms with Crippen molar-refractivity contribution >= 4 is 34.7 Å². The van der Waals surface area contributed by atoms with Crippen LogP contribution >= 0.6 is 11.6 Å². The second-order valence-electron chi connectivity index (χ2n) is 9.03. The fraction of sp³-hybridized carbons (Fsp3) is 0.231. The lowest BCUT2D eigenvalue weighted by molar-refractivity contribution is -0.137. The third-order valence-corrected chi connectivity index (χ3v) is 6.82. The van der Waals surface area contributed by atoms with Crippen LogP contribution in [0.2, 0.25) is 5.15 Å². The Kier molecular flexibility index (Phi) is 6.26. The van der Waals surface area contributed by atoms with E-state index >= 15 is 0 Å². The highest BCUT2D eigenvalue weighted by Crippen LogP contribution is 2.37. The number of carboxylic acids is 1. The molecular formula is C26H21ClF3N5O3. The average Bonchev–Trinajstić information content (AvgIpc) is 3.20. The summed E-state index contributed by atoms with van der Waals surface area (Å²) in [5.74, 6) is -1.04. The number of aromatic carboxylic acids is 1. The van der Waals surface area contributed by atoms with Crippen LogP contribution in [0.1, 0.15) is 58.7 Å². The molecule has 1 aliphatic heterocycles. The first-order valence-electron chi connectivity index (χ1n) is 11.6. The summed E-state index contributed by atoms with van der Waals surface area (Å²) in [5.41, 5.74) is 0.154. The number of halogens is 4. The molecule has 12 heteroatoms. The molecule has 0 saturated heterocycles. The van der Waals surface area contributed by atoms with Gasteiger partial charge in [0, 0.05) is 24.4 Å². The maximum atomic E-state index is 13.8. The molecule has 0 unspecified atom stereocenters. The van der Waals surface area contributed by atoms with E-state index in [1.807, 2.05) is 36.1 Å². The van der Waals surface area contributed by atoms with E-state index < -0.39 is 35.0 Å². The molecule has 0 amide bonds. The van der Waals surface area contributed by atoms with Crippen LogP contribution in [0.4, 0.5) is 24.7 Å². The second-order valence-corrected chi connectivity index (χ2v) is 9.42. The van der Waals surface area contributed by atoms with E-state index in [1.54, 1.807) is 6.92 Å². The van der Waals surface area contributed by atoms with Crippen LogP contribution in [0.3, 0.4) is 0 Å². The Bertz CT molecular complexity index is 1640. The van der Waals surface area contributed by atoms with Gasteiger partial charge in [0.2, 0.25) is 0 Å². The Hall–Kier alpha value is -4.12. The molecule has 4 aromatic rings. The molecule has 0 saturated carbocycles. The third kappa shape index (κ3) is 4.53. The lowest BCUT2D eigenvalue weighted by atomic mass is 10.1. The molecule has 1 aliphatic rings. The lowest BCUT2D eigenvalue weighted by Gasteiger charge is -2.25. The Morgan fingerprint density at radius 1 is 1.18 bits per heavy atom. The van der Waals surface area contributed by atoms with Crippen LogP contribution in [-0.4, -0.2) is 25.4 Å². The van der Waals surface area contributed by atoms with Gasteiger partial charge in [0.05, 0.1) is 23.3 Å². The number of rotatable bonds is 5. The molecule has 0 radical (unpaired) electrons. The summed E-state index contributed by atoms with van der Waals surface area (Å²) in [6.45, 7) is 4.00. The molecule has 38 heavy (non-hydrogen) atoms. The van der Waals surface area contributed by atoms with Crippen molar-refractivity contribution in [1.29, 1.82) is 0 Å². The first kappa shape index (κ1) is 25.5. The standard InChI is InChI=1S/C26H21ClF3N5O3/c1-13(31-19-7-8-20(27)32-23(19)25(37)38)18-9-16(26(28,29)30)12-35-22(36)10-21(33-24(18)35)34-11-15-5-3-4-6-17(15)14(34)2/h3-10,12-14,31H,11H2,1-2H3,(H,37,38)/t13-,14+/m1/s1. The SMILES string of the molecule is C[C@@H](Nc1ccc(Cl)nc1C(=O)O)c1cc(C(F)(F)F)cn2c(=O)cc(N3Cc4ccccc4[C@@H]3C)nc12. The van der Waals surface area contributed by atoms with Crippen molar-refractivity contribution < 1.29 is 23.1 Å². The van der Waals surface area contributed by atoms with E-state index in [-0.39, 0.29) is 28.1 Å². The highest BCUT2D eigenvalue weighted by Gasteiger charge is 2.34. The normalized spacial score (nSPS) is 15.9. The van der Waals surface area contributed by atoms with Gasteiger partial charge in [-0.1, -0.05) is 35.9 Å². The monoisotopic (exact) mass is 543 g/mol. The summed E-state index contributed by atoms with van der Waals surface area (Å²) >= 11 is 5.83. The van der Waals surface area contributed by atoms with Gasteiger partial charge in [0.25, 0.3) is 5.56 Å². The minimum absolute atomic E-state index is 0.0162. The number of alkyl halides is 3. The summed E-state index contributed by atoms with van der Waals surface area (Å²) < 4.78 is 42.2. The van der Waals surface area contributed by atoms with Gasteiger partial charge in [-0.15, -0.1) is 0 Å². The van der Waals surface area contributed by atoms with Gasteiger partial charge in [0.1, 0.15) is 16.6 Å². The Balaban J connectivity index is 1.65. The lowest BCUT2D eigenvalue weighted by Crippen LogP contribution is -2.26. The molecule has 196 valence electrons. The van der Waals surface area contributed by atoms with Crippen molar-refractivity contribution in [3.05, 3.63) is 98.2 Å². The van der Waals surface area contributed by atoms with Crippen molar-refractivity contribution in [1.82, 2.24) is 14.4 Å². The molecule has 4 heterocycles. The molecule has 0 bridgehead atoms. The predicted molar refractivity (Wildman–Crippen MR) is 136 cm³/mol. The number of fused-ring (bicyclic) bond motifs is 2. The van der Waals surface area contributed by atoms with Gasteiger partial charge >= 0.3 is 12.1 Å². The molecule has 2 atom stereocenters. The van der Waals surface area contributed by atoms with Gasteiger partial charge in [-0.3, -0.25) is 9.20 Å². The fourth-order valence-electron chi connectivity index (χ4n) is 4.72. The van der Waals surface area contributed by atoms with Crippen molar-refractivity contribution in [2.45, 2.75) is 38.7 Å². The summed E-state index contributed by atoms with van der Waals surface area (Å²) in [4.78, 5) is 35.2. The van der Waals surface area contributed by atoms with Crippen molar-refractivity contribution in [3.63, 3.8) is 0 Å². The Labute approximate surface area is 219 Å². The number of pyridine rings is 2. The number of benzene rings is 1. The molecular weight excluding hydrogens is 523 g/mol. The Morgan fingerprint density at radius 2 is 1.92 bits per heavy atom. The topological polar surface area (TPSA) is 99.8 Å². The van der Waals surface area contributed by atoms with Crippen molar-refractivity contribution in [2.75, 3.05) is 10.2 Å². The van der Waals surface area contributed by atoms with Gasteiger partial charge in [-0.2, -0.15) is 13.2 Å². The number of nitrogens with zero attached hydrogens (tertiary/aromatic N) is 4. The van der Waals surface area contributed by atoms with E-state index in [0.29, 0.717) is 12.4 Å². The minimum atomic E-state index is -4.74. The highest BCUT2D eigenvalue weighted by atomic mass is 35.5. The number of anilines is 2. The predicted octanol–water partition coefficient (Wildman–Crippen LogP) is 5.71. The summed E-state index contributed by atoms with van der Waals surface area (Å²) in [6.07, 6.45) is -4.01. The maximum Gasteiger partial charge on any atom is 0.417 e. The van der Waals surface area contributed by atoms with E-state index in [9.17, 15) is 27.9 Å². The maximum absolute atomic E-state index is 13.8. The van der Waals surface area contributed by atoms with Crippen LogP contribution in [0.25, 0.3) is 5.65 Å². The zero-order valence-corrected chi connectivity index (χ0v) is 20.9. The Morgan fingerprint density at radius 3 is 2.61 bits per heavy atom. The number of hydrogen-bond acceptors (Lipinski definition) is 6. The molecule has 0 fully saturated rings. The molecule has 5 rings (SSSR count). The van der Waals surface area contributed by atoms with E-state index in [2.05, 4.69) is 15.3 Å². The molecule has 1 aromatic carbocycles. The van der Waals surface area contributed by atoms with Crippen LogP contribution < -0.4 is 15.8 Å². The number of carbonyl (C=O) groups is 1. The summed E-state index contributed by atoms with van der Waals surface area (Å²) in [6, 6.07) is 11.7. The third-order valence-electron chi connectivity index (χ3n) is 6.61. The van der Waals surface area contributed by atoms with Crippen LogP contribution in [0.5, 0.6) is 0 Å². The molecule has 2 N–H and O–H groups in total. The van der Waals surface area contributed by atoms with Crippen molar-refractivity contribution in [2.24, 2.45) is 0 Å². The van der Waals surface area contributed by atoms with Gasteiger partial charge in [0.15, 0.2) is 5.69 Å². The number of aromatic nitrogens is 3. The second kappa shape index (κ2) is 9.32. The first-order valence-corrected chi connectivity index (χ1v) is 12.0. The van der Waals surface area contributed by atoms with Crippen LogP contribution in [-0.2, 0) is 12.7 Å². The number of nitrogens with one attached hydrogen (secondary N) is 1. The molecule has 0 aliphatic carbocycles.